The van der Waals surface area contributed by atoms with E-state index >= 15 is 0 Å². The van der Waals surface area contributed by atoms with Crippen LogP contribution in [0.3, 0.4) is 0 Å². The largest absolute Gasteiger partial charge is 0.465 e. The van der Waals surface area contributed by atoms with E-state index in [1.165, 1.54) is 6.16 Å². The van der Waals surface area contributed by atoms with E-state index < -0.39 is 18.3 Å². The van der Waals surface area contributed by atoms with Crippen LogP contribution in [-0.2, 0) is 9.53 Å². The first-order valence-electron chi connectivity index (χ1n) is 10.7. The van der Waals surface area contributed by atoms with Gasteiger partial charge in [-0.25, -0.2) is 0 Å². The summed E-state index contributed by atoms with van der Waals surface area (Å²) >= 11 is 0. The Kier molecular flexibility index (Phi) is 8.88. The van der Waals surface area contributed by atoms with E-state index in [1.807, 2.05) is 27.7 Å². The van der Waals surface area contributed by atoms with E-state index in [0.717, 1.165) is 12.8 Å². The molecule has 0 spiro atoms. The fourth-order valence-corrected chi connectivity index (χ4v) is 6.69. The van der Waals surface area contributed by atoms with Gasteiger partial charge in [0.15, 0.2) is 0 Å². The van der Waals surface area contributed by atoms with Crippen molar-refractivity contribution in [1.82, 2.24) is 0 Å². The third-order valence-corrected chi connectivity index (χ3v) is 7.87. The molecule has 168 valence electrons. The molecule has 1 N–H and O–H groups in total. The zero-order valence-electron chi connectivity index (χ0n) is 21.2. The van der Waals surface area contributed by atoms with Crippen LogP contribution in [0, 0.1) is 21.7 Å². The molecular formula is C24H50O3P+. The van der Waals surface area contributed by atoms with Gasteiger partial charge in [-0.2, -0.15) is 0 Å². The summed E-state index contributed by atoms with van der Waals surface area (Å²) < 4.78 is 5.78. The van der Waals surface area contributed by atoms with Crippen LogP contribution in [0.25, 0.3) is 0 Å². The molecule has 0 atom stereocenters. The van der Waals surface area contributed by atoms with Crippen molar-refractivity contribution in [2.45, 2.75) is 94.1 Å². The topological polar surface area (TPSA) is 46.5 Å². The Bertz CT molecular complexity index is 517. The third-order valence-electron chi connectivity index (χ3n) is 6.07. The van der Waals surface area contributed by atoms with Gasteiger partial charge >= 0.3 is 5.97 Å². The van der Waals surface area contributed by atoms with E-state index in [9.17, 15) is 9.90 Å². The van der Waals surface area contributed by atoms with E-state index in [2.05, 4.69) is 47.7 Å². The van der Waals surface area contributed by atoms with Crippen LogP contribution in [0.5, 0.6) is 0 Å². The normalized spacial score (nSPS) is 14.9. The minimum Gasteiger partial charge on any atom is -0.465 e. The summed E-state index contributed by atoms with van der Waals surface area (Å²) in [6.45, 7) is 28.2. The van der Waals surface area contributed by atoms with Crippen molar-refractivity contribution in [2.24, 2.45) is 21.7 Å². The van der Waals surface area contributed by atoms with Crippen LogP contribution in [-0.4, -0.2) is 49.4 Å². The molecule has 0 aromatic carbocycles. The maximum atomic E-state index is 12.8. The Hall–Kier alpha value is -0.140. The molecule has 4 heteroatoms. The monoisotopic (exact) mass is 417 g/mol. The van der Waals surface area contributed by atoms with Gasteiger partial charge in [-0.3, -0.25) is 4.79 Å². The lowest BCUT2D eigenvalue weighted by Crippen LogP contribution is -2.44. The molecule has 0 aliphatic rings. The van der Waals surface area contributed by atoms with Gasteiger partial charge in [0.25, 0.3) is 0 Å². The van der Waals surface area contributed by atoms with Crippen molar-refractivity contribution >= 4 is 13.2 Å². The van der Waals surface area contributed by atoms with Gasteiger partial charge < -0.3 is 9.84 Å². The molecule has 0 amide bonds. The highest BCUT2D eigenvalue weighted by Crippen LogP contribution is 2.52. The highest BCUT2D eigenvalue weighted by molar-refractivity contribution is 7.73. The molecule has 0 unspecified atom stereocenters. The predicted molar refractivity (Wildman–Crippen MR) is 126 cm³/mol. The van der Waals surface area contributed by atoms with E-state index in [0.29, 0.717) is 18.4 Å². The van der Waals surface area contributed by atoms with Gasteiger partial charge in [0.05, 0.1) is 23.8 Å². The molecule has 0 saturated carbocycles. The van der Waals surface area contributed by atoms with Crippen LogP contribution in [0.1, 0.15) is 88.5 Å². The van der Waals surface area contributed by atoms with Crippen molar-refractivity contribution < 1.29 is 14.6 Å². The second-order valence-electron chi connectivity index (χ2n) is 13.4. The van der Waals surface area contributed by atoms with Crippen LogP contribution in [0.2, 0.25) is 0 Å². The summed E-state index contributed by atoms with van der Waals surface area (Å²) in [6, 6.07) is 0. The standard InChI is InChI=1S/C24H50O3P/c1-20(2,14-15-21(3,4)18-28(11,12)13)17-27-19(25)22(5,6)16-23(7,8)24(9,10)26/h26H,14-18H2,1-13H3/q+1. The van der Waals surface area contributed by atoms with E-state index in [-0.39, 0.29) is 16.8 Å². The summed E-state index contributed by atoms with van der Waals surface area (Å²) in [7, 11) is -0.812. The average Bonchev–Trinajstić information content (AvgIpc) is 2.38. The fraction of sp³-hybridized carbons (Fsp3) is 0.958. The number of aliphatic hydroxyl groups is 1. The van der Waals surface area contributed by atoms with Crippen LogP contribution in [0.15, 0.2) is 0 Å². The zero-order chi connectivity index (χ0) is 22.8. The number of esters is 1. The molecule has 0 fully saturated rings. The molecule has 0 rings (SSSR count). The van der Waals surface area contributed by atoms with Gasteiger partial charge in [-0.15, -0.1) is 0 Å². The van der Waals surface area contributed by atoms with Crippen molar-refractivity contribution in [2.75, 3.05) is 32.8 Å². The van der Waals surface area contributed by atoms with Crippen LogP contribution >= 0.6 is 7.26 Å². The van der Waals surface area contributed by atoms with Crippen molar-refractivity contribution in [3.8, 4) is 0 Å². The zero-order valence-corrected chi connectivity index (χ0v) is 22.1. The van der Waals surface area contributed by atoms with Gasteiger partial charge in [0.1, 0.15) is 0 Å². The summed E-state index contributed by atoms with van der Waals surface area (Å²) in [5, 5.41) is 10.4. The lowest BCUT2D eigenvalue weighted by Gasteiger charge is -2.42. The van der Waals surface area contributed by atoms with Gasteiger partial charge in [0.2, 0.25) is 0 Å². The van der Waals surface area contributed by atoms with Crippen LogP contribution < -0.4 is 0 Å². The third kappa shape index (κ3) is 10.1. The first-order chi connectivity index (χ1) is 12.0. The van der Waals surface area contributed by atoms with E-state index in [4.69, 9.17) is 4.74 Å². The Morgan fingerprint density at radius 1 is 0.821 bits per heavy atom. The molecule has 0 aliphatic carbocycles. The Balaban J connectivity index is 4.82. The number of carbonyl (C=O) groups is 1. The predicted octanol–water partition coefficient (Wildman–Crippen LogP) is 6.48. The number of carbonyl (C=O) groups excluding carboxylic acids is 1. The van der Waals surface area contributed by atoms with Crippen LogP contribution in [0.4, 0.5) is 0 Å². The molecule has 0 radical (unpaired) electrons. The number of ether oxygens (including phenoxy) is 1. The Morgan fingerprint density at radius 2 is 1.25 bits per heavy atom. The first kappa shape index (κ1) is 27.9. The highest BCUT2D eigenvalue weighted by Gasteiger charge is 2.43. The van der Waals surface area contributed by atoms with Crippen molar-refractivity contribution in [1.29, 1.82) is 0 Å². The molecule has 0 aromatic heterocycles. The fourth-order valence-electron chi connectivity index (χ4n) is 3.96. The number of hydrogen-bond donors (Lipinski definition) is 1. The van der Waals surface area contributed by atoms with Crippen molar-refractivity contribution in [3.05, 3.63) is 0 Å². The average molecular weight is 418 g/mol. The summed E-state index contributed by atoms with van der Waals surface area (Å²) in [4.78, 5) is 12.8. The maximum Gasteiger partial charge on any atom is 0.311 e. The number of hydrogen-bond acceptors (Lipinski definition) is 3. The lowest BCUT2D eigenvalue weighted by atomic mass is 9.67. The second kappa shape index (κ2) is 8.93. The number of rotatable bonds is 11. The summed E-state index contributed by atoms with van der Waals surface area (Å²) in [5.41, 5.74) is -1.58. The molecule has 0 saturated heterocycles. The second-order valence-corrected chi connectivity index (χ2v) is 18.3. The van der Waals surface area contributed by atoms with Gasteiger partial charge in [-0.1, -0.05) is 41.5 Å². The smallest absolute Gasteiger partial charge is 0.311 e. The molecule has 0 heterocycles. The SMILES string of the molecule is CC(C)(CCC(C)(C)C[P+](C)(C)C)COC(=O)C(C)(C)CC(C)(C)C(C)(C)O. The first-order valence-corrected chi connectivity index (χ1v) is 14.0. The maximum absolute atomic E-state index is 12.8. The molecule has 0 aliphatic heterocycles. The van der Waals surface area contributed by atoms with Gasteiger partial charge in [-0.05, 0) is 63.2 Å². The Morgan fingerprint density at radius 3 is 1.64 bits per heavy atom. The molecule has 0 aromatic rings. The molecule has 28 heavy (non-hydrogen) atoms. The summed E-state index contributed by atoms with van der Waals surface area (Å²) in [5.74, 6) is -0.169. The van der Waals surface area contributed by atoms with E-state index in [1.54, 1.807) is 13.8 Å². The molecular weight excluding hydrogens is 367 g/mol. The molecule has 3 nitrogen and oxygen atoms in total. The molecule has 0 bridgehead atoms. The quantitative estimate of drug-likeness (QED) is 0.309. The van der Waals surface area contributed by atoms with Gasteiger partial charge in [0, 0.05) is 27.3 Å². The Labute approximate surface area is 176 Å². The highest BCUT2D eigenvalue weighted by atomic mass is 31.2. The lowest BCUT2D eigenvalue weighted by molar-refractivity contribution is -0.161. The summed E-state index contributed by atoms with van der Waals surface area (Å²) in [6.07, 6.45) is 4.05. The minimum absolute atomic E-state index is 0.0366. The van der Waals surface area contributed by atoms with Crippen molar-refractivity contribution in [3.63, 3.8) is 0 Å². The minimum atomic E-state index is -0.856.